The topological polar surface area (TPSA) is 59.6 Å². The molecule has 7 heteroatoms. The minimum absolute atomic E-state index is 0. The number of hydrogen-bond donors (Lipinski definition) is 2. The standard InChI is InChI=1S/C19H21F2N3O.HI/c20-14-10-13(11-15(21)12-14)4-3-8-23-19(22)24-17-7-9-25-18-6-2-1-5-16(17)18;/h1-2,5-6,10-12,17H,3-4,7-9H2,(H3,22,23,24);1H. The summed E-state index contributed by atoms with van der Waals surface area (Å²) < 4.78 is 31.9. The highest BCUT2D eigenvalue weighted by Crippen LogP contribution is 2.31. The third-order valence-corrected chi connectivity index (χ3v) is 4.11. The monoisotopic (exact) mass is 473 g/mol. The summed E-state index contributed by atoms with van der Waals surface area (Å²) in [4.78, 5) is 4.31. The van der Waals surface area contributed by atoms with E-state index < -0.39 is 11.6 Å². The third-order valence-electron chi connectivity index (χ3n) is 4.11. The quantitative estimate of drug-likeness (QED) is 0.300. The van der Waals surface area contributed by atoms with Crippen LogP contribution in [-0.4, -0.2) is 19.1 Å². The second-order valence-electron chi connectivity index (χ2n) is 6.02. The van der Waals surface area contributed by atoms with Gasteiger partial charge in [-0.2, -0.15) is 0 Å². The molecule has 3 rings (SSSR count). The Morgan fingerprint density at radius 1 is 1.19 bits per heavy atom. The molecule has 1 unspecified atom stereocenters. The van der Waals surface area contributed by atoms with Gasteiger partial charge in [0.2, 0.25) is 0 Å². The van der Waals surface area contributed by atoms with E-state index in [1.165, 1.54) is 12.1 Å². The molecule has 1 aliphatic heterocycles. The number of aliphatic imine (C=N–C) groups is 1. The zero-order valence-corrected chi connectivity index (χ0v) is 16.6. The van der Waals surface area contributed by atoms with Gasteiger partial charge in [-0.05, 0) is 36.6 Å². The Labute approximate surface area is 168 Å². The van der Waals surface area contributed by atoms with Crippen molar-refractivity contribution in [1.29, 1.82) is 0 Å². The first-order valence-corrected chi connectivity index (χ1v) is 8.35. The first-order chi connectivity index (χ1) is 12.1. The molecule has 2 aromatic carbocycles. The van der Waals surface area contributed by atoms with Crippen molar-refractivity contribution in [3.05, 3.63) is 65.2 Å². The molecule has 0 amide bonds. The molecule has 0 aromatic heterocycles. The molecule has 0 spiro atoms. The maximum absolute atomic E-state index is 13.1. The molecule has 0 saturated heterocycles. The minimum Gasteiger partial charge on any atom is -0.493 e. The van der Waals surface area contributed by atoms with E-state index in [4.69, 9.17) is 10.5 Å². The number of halogens is 3. The van der Waals surface area contributed by atoms with E-state index in [-0.39, 0.29) is 30.0 Å². The number of fused-ring (bicyclic) bond motifs is 1. The molecule has 0 fully saturated rings. The van der Waals surface area contributed by atoms with Crippen molar-refractivity contribution in [2.75, 3.05) is 13.2 Å². The lowest BCUT2D eigenvalue weighted by Gasteiger charge is -2.26. The van der Waals surface area contributed by atoms with Crippen LogP contribution in [0.15, 0.2) is 47.5 Å². The van der Waals surface area contributed by atoms with Crippen molar-refractivity contribution in [2.45, 2.75) is 25.3 Å². The van der Waals surface area contributed by atoms with Crippen LogP contribution in [0.25, 0.3) is 0 Å². The van der Waals surface area contributed by atoms with Crippen molar-refractivity contribution < 1.29 is 13.5 Å². The van der Waals surface area contributed by atoms with Crippen molar-refractivity contribution >= 4 is 29.9 Å². The minimum atomic E-state index is -0.558. The first-order valence-electron chi connectivity index (χ1n) is 8.35. The van der Waals surface area contributed by atoms with Gasteiger partial charge in [0, 0.05) is 24.6 Å². The van der Waals surface area contributed by atoms with Gasteiger partial charge in [-0.25, -0.2) is 8.78 Å². The van der Waals surface area contributed by atoms with Crippen LogP contribution in [0.2, 0.25) is 0 Å². The number of nitrogens with two attached hydrogens (primary N) is 1. The lowest BCUT2D eigenvalue weighted by atomic mass is 10.0. The van der Waals surface area contributed by atoms with E-state index >= 15 is 0 Å². The highest BCUT2D eigenvalue weighted by atomic mass is 127. The highest BCUT2D eigenvalue weighted by Gasteiger charge is 2.21. The lowest BCUT2D eigenvalue weighted by Crippen LogP contribution is -2.37. The van der Waals surface area contributed by atoms with Crippen molar-refractivity contribution in [3.63, 3.8) is 0 Å². The summed E-state index contributed by atoms with van der Waals surface area (Å²) in [5.74, 6) is 0.120. The summed E-state index contributed by atoms with van der Waals surface area (Å²) >= 11 is 0. The summed E-state index contributed by atoms with van der Waals surface area (Å²) in [7, 11) is 0. The van der Waals surface area contributed by atoms with Crippen LogP contribution in [0.3, 0.4) is 0 Å². The van der Waals surface area contributed by atoms with Gasteiger partial charge in [0.25, 0.3) is 0 Å². The Morgan fingerprint density at radius 2 is 1.92 bits per heavy atom. The molecular formula is C19H22F2IN3O. The molecule has 26 heavy (non-hydrogen) atoms. The summed E-state index contributed by atoms with van der Waals surface area (Å²) in [5, 5.41) is 3.22. The predicted octanol–water partition coefficient (Wildman–Crippen LogP) is 3.94. The van der Waals surface area contributed by atoms with Crippen LogP contribution < -0.4 is 15.8 Å². The summed E-state index contributed by atoms with van der Waals surface area (Å²) in [6, 6.07) is 11.5. The Kier molecular flexibility index (Phi) is 7.62. The van der Waals surface area contributed by atoms with Gasteiger partial charge in [-0.3, -0.25) is 4.99 Å². The molecule has 2 aromatic rings. The fraction of sp³-hybridized carbons (Fsp3) is 0.316. The van der Waals surface area contributed by atoms with E-state index in [9.17, 15) is 8.78 Å². The van der Waals surface area contributed by atoms with Gasteiger partial charge in [-0.1, -0.05) is 18.2 Å². The molecule has 140 valence electrons. The fourth-order valence-corrected chi connectivity index (χ4v) is 2.95. The van der Waals surface area contributed by atoms with E-state index in [0.29, 0.717) is 37.5 Å². The normalized spacial score (nSPS) is 16.2. The molecular weight excluding hydrogens is 451 g/mol. The molecule has 0 aliphatic carbocycles. The lowest BCUT2D eigenvalue weighted by molar-refractivity contribution is 0.262. The number of rotatable bonds is 5. The third kappa shape index (κ3) is 5.55. The first kappa shape index (κ1) is 20.4. The number of aryl methyl sites for hydroxylation is 1. The predicted molar refractivity (Wildman–Crippen MR) is 109 cm³/mol. The number of nitrogens with zero attached hydrogens (tertiary/aromatic N) is 1. The second-order valence-corrected chi connectivity index (χ2v) is 6.02. The van der Waals surface area contributed by atoms with Crippen LogP contribution in [0.4, 0.5) is 8.78 Å². The molecule has 0 radical (unpaired) electrons. The molecule has 0 saturated carbocycles. The number of para-hydroxylation sites is 1. The maximum atomic E-state index is 13.1. The Morgan fingerprint density at radius 3 is 2.69 bits per heavy atom. The van der Waals surface area contributed by atoms with Gasteiger partial charge in [0.05, 0.1) is 12.6 Å². The van der Waals surface area contributed by atoms with Crippen LogP contribution in [-0.2, 0) is 6.42 Å². The highest BCUT2D eigenvalue weighted by molar-refractivity contribution is 14.0. The summed E-state index contributed by atoms with van der Waals surface area (Å²) in [5.41, 5.74) is 7.66. The molecule has 1 heterocycles. The zero-order valence-electron chi connectivity index (χ0n) is 14.3. The van der Waals surface area contributed by atoms with Crippen LogP contribution in [0.1, 0.15) is 30.0 Å². The van der Waals surface area contributed by atoms with Crippen LogP contribution in [0.5, 0.6) is 5.75 Å². The number of ether oxygens (including phenoxy) is 1. The Balaban J connectivity index is 0.00000243. The maximum Gasteiger partial charge on any atom is 0.189 e. The van der Waals surface area contributed by atoms with Gasteiger partial charge in [0.15, 0.2) is 5.96 Å². The van der Waals surface area contributed by atoms with Gasteiger partial charge in [0.1, 0.15) is 17.4 Å². The molecule has 4 nitrogen and oxygen atoms in total. The zero-order chi connectivity index (χ0) is 17.6. The SMILES string of the molecule is I.NC(=NCCCc1cc(F)cc(F)c1)NC1CCOc2ccccc21. The number of nitrogens with one attached hydrogen (secondary N) is 1. The molecule has 1 atom stereocenters. The van der Waals surface area contributed by atoms with Gasteiger partial charge < -0.3 is 15.8 Å². The van der Waals surface area contributed by atoms with Crippen LogP contribution >= 0.6 is 24.0 Å². The van der Waals surface area contributed by atoms with Crippen LogP contribution in [0, 0.1) is 11.6 Å². The van der Waals surface area contributed by atoms with Gasteiger partial charge >= 0.3 is 0 Å². The van der Waals surface area contributed by atoms with Crippen molar-refractivity contribution in [3.8, 4) is 5.75 Å². The largest absolute Gasteiger partial charge is 0.493 e. The van der Waals surface area contributed by atoms with Gasteiger partial charge in [-0.15, -0.1) is 24.0 Å². The number of benzene rings is 2. The van der Waals surface area contributed by atoms with E-state index in [2.05, 4.69) is 10.3 Å². The average molecular weight is 473 g/mol. The molecule has 3 N–H and O–H groups in total. The second kappa shape index (κ2) is 9.70. The number of hydrogen-bond acceptors (Lipinski definition) is 2. The fourth-order valence-electron chi connectivity index (χ4n) is 2.95. The molecule has 0 bridgehead atoms. The van der Waals surface area contributed by atoms with E-state index in [1.54, 1.807) is 0 Å². The van der Waals surface area contributed by atoms with Crippen molar-refractivity contribution in [2.24, 2.45) is 10.7 Å². The number of guanidine groups is 1. The summed E-state index contributed by atoms with van der Waals surface area (Å²) in [6.07, 6.45) is 2.02. The van der Waals surface area contributed by atoms with E-state index in [0.717, 1.165) is 23.8 Å². The van der Waals surface area contributed by atoms with E-state index in [1.807, 2.05) is 24.3 Å². The summed E-state index contributed by atoms with van der Waals surface area (Å²) in [6.45, 7) is 1.12. The smallest absolute Gasteiger partial charge is 0.189 e. The Hall–Kier alpha value is -1.90. The van der Waals surface area contributed by atoms with Crippen molar-refractivity contribution in [1.82, 2.24) is 5.32 Å². The molecule has 1 aliphatic rings. The average Bonchev–Trinajstić information content (AvgIpc) is 2.58. The Bertz CT molecular complexity index is 750.